The number of rotatable bonds is 5. The summed E-state index contributed by atoms with van der Waals surface area (Å²) in [5.41, 5.74) is 8.65. The summed E-state index contributed by atoms with van der Waals surface area (Å²) in [6.45, 7) is 2.07. The maximum atomic E-state index is 13.1. The Labute approximate surface area is 212 Å². The van der Waals surface area contributed by atoms with Crippen LogP contribution in [0.25, 0.3) is 22.3 Å². The Balaban J connectivity index is 0.000000213. The predicted octanol–water partition coefficient (Wildman–Crippen LogP) is 7.54. The number of benzene rings is 4. The topological polar surface area (TPSA) is 87.6 Å². The van der Waals surface area contributed by atoms with Crippen molar-refractivity contribution in [2.24, 2.45) is 0 Å². The third kappa shape index (κ3) is 6.78. The minimum Gasteiger partial charge on any atom is -0.497 e. The summed E-state index contributed by atoms with van der Waals surface area (Å²) >= 11 is 0. The van der Waals surface area contributed by atoms with Crippen molar-refractivity contribution in [3.8, 4) is 33.8 Å². The maximum absolute atomic E-state index is 13.1. The van der Waals surface area contributed by atoms with Gasteiger partial charge in [-0.3, -0.25) is 10.1 Å². The molecule has 0 aliphatic carbocycles. The number of ether oxygens (including phenoxy) is 2. The second-order valence-corrected chi connectivity index (χ2v) is 8.02. The fraction of sp³-hybridized carbons (Fsp3) is 0.143. The first kappa shape index (κ1) is 27.1. The van der Waals surface area contributed by atoms with Gasteiger partial charge in [0.05, 0.1) is 24.7 Å². The van der Waals surface area contributed by atoms with E-state index in [1.165, 1.54) is 48.1 Å². The lowest BCUT2D eigenvalue weighted by atomic mass is 9.98. The molecule has 0 aliphatic heterocycles. The Kier molecular flexibility index (Phi) is 8.39. The monoisotopic (exact) mass is 510 g/mol. The second kappa shape index (κ2) is 11.5. The lowest BCUT2D eigenvalue weighted by molar-refractivity contribution is -0.385. The van der Waals surface area contributed by atoms with Crippen molar-refractivity contribution in [1.82, 2.24) is 0 Å². The van der Waals surface area contributed by atoms with E-state index in [-0.39, 0.29) is 5.56 Å². The summed E-state index contributed by atoms with van der Waals surface area (Å²) in [6, 6.07) is 22.7. The SMILES string of the molecule is COc1ccc(-c2ccc(N)cc2C)cc1.COc1ccc(-c2ccc([N+](=O)[O-])cc2C(F)(F)F)cc1. The molecule has 0 spiro atoms. The number of methoxy groups -OCH3 is 2. The number of halogens is 3. The van der Waals surface area contributed by atoms with Crippen LogP contribution in [-0.4, -0.2) is 19.1 Å². The molecule has 0 fully saturated rings. The van der Waals surface area contributed by atoms with Gasteiger partial charge >= 0.3 is 6.18 Å². The van der Waals surface area contributed by atoms with Crippen LogP contribution in [0, 0.1) is 17.0 Å². The smallest absolute Gasteiger partial charge is 0.417 e. The van der Waals surface area contributed by atoms with Gasteiger partial charge in [0.15, 0.2) is 0 Å². The van der Waals surface area contributed by atoms with Crippen LogP contribution >= 0.6 is 0 Å². The van der Waals surface area contributed by atoms with Crippen LogP contribution in [0.1, 0.15) is 11.1 Å². The fourth-order valence-corrected chi connectivity index (χ4v) is 3.68. The summed E-state index contributed by atoms with van der Waals surface area (Å²) in [5.74, 6) is 1.38. The molecule has 0 saturated carbocycles. The van der Waals surface area contributed by atoms with Crippen molar-refractivity contribution in [3.63, 3.8) is 0 Å². The number of nitrogen functional groups attached to an aromatic ring is 1. The number of anilines is 1. The van der Waals surface area contributed by atoms with Crippen molar-refractivity contribution >= 4 is 11.4 Å². The molecule has 4 aromatic rings. The van der Waals surface area contributed by atoms with E-state index in [9.17, 15) is 23.3 Å². The van der Waals surface area contributed by atoms with E-state index in [2.05, 4.69) is 19.1 Å². The van der Waals surface area contributed by atoms with Crippen LogP contribution in [0.2, 0.25) is 0 Å². The summed E-state index contributed by atoms with van der Waals surface area (Å²) in [7, 11) is 3.12. The molecule has 0 saturated heterocycles. The van der Waals surface area contributed by atoms with E-state index >= 15 is 0 Å². The molecule has 0 amide bonds. The lowest BCUT2D eigenvalue weighted by Crippen LogP contribution is -2.08. The van der Waals surface area contributed by atoms with Crippen molar-refractivity contribution in [1.29, 1.82) is 0 Å². The average Bonchev–Trinajstić information content (AvgIpc) is 2.88. The zero-order valence-electron chi connectivity index (χ0n) is 20.4. The molecule has 0 bridgehead atoms. The highest BCUT2D eigenvalue weighted by Crippen LogP contribution is 2.39. The van der Waals surface area contributed by atoms with Gasteiger partial charge in [0.25, 0.3) is 5.69 Å². The van der Waals surface area contributed by atoms with Crippen LogP contribution in [0.5, 0.6) is 11.5 Å². The van der Waals surface area contributed by atoms with E-state index < -0.39 is 22.4 Å². The third-order valence-electron chi connectivity index (χ3n) is 5.57. The van der Waals surface area contributed by atoms with Gasteiger partial charge in [0, 0.05) is 17.8 Å². The molecule has 9 heteroatoms. The van der Waals surface area contributed by atoms with Gasteiger partial charge in [0.1, 0.15) is 11.5 Å². The van der Waals surface area contributed by atoms with Crippen LogP contribution in [0.3, 0.4) is 0 Å². The lowest BCUT2D eigenvalue weighted by Gasteiger charge is -2.13. The van der Waals surface area contributed by atoms with Crippen LogP contribution in [-0.2, 0) is 6.18 Å². The molecule has 37 heavy (non-hydrogen) atoms. The van der Waals surface area contributed by atoms with E-state index in [1.54, 1.807) is 7.11 Å². The molecule has 0 unspecified atom stereocenters. The standard InChI is InChI=1S/C14H10F3NO3.C14H15NO/c1-21-11-5-2-9(3-6-11)12-7-4-10(18(19)20)8-13(12)14(15,16)17;1-10-9-12(15)5-8-14(10)11-3-6-13(16-2)7-4-11/h2-8H,1H3;3-9H,15H2,1-2H3. The Morgan fingerprint density at radius 2 is 1.24 bits per heavy atom. The van der Waals surface area contributed by atoms with Gasteiger partial charge in [-0.25, -0.2) is 0 Å². The Bertz CT molecular complexity index is 1370. The van der Waals surface area contributed by atoms with Crippen LogP contribution in [0.15, 0.2) is 84.9 Å². The first-order chi connectivity index (χ1) is 17.5. The van der Waals surface area contributed by atoms with Gasteiger partial charge in [0.2, 0.25) is 0 Å². The molecule has 192 valence electrons. The molecule has 0 heterocycles. The molecular weight excluding hydrogens is 485 g/mol. The zero-order chi connectivity index (χ0) is 27.2. The number of nitrogens with two attached hydrogens (primary N) is 1. The molecule has 0 radical (unpaired) electrons. The van der Waals surface area contributed by atoms with Gasteiger partial charge in [-0.2, -0.15) is 13.2 Å². The highest BCUT2D eigenvalue weighted by molar-refractivity contribution is 5.71. The molecule has 4 aromatic carbocycles. The second-order valence-electron chi connectivity index (χ2n) is 8.02. The number of nitrogens with zero attached hydrogens (tertiary/aromatic N) is 1. The fourth-order valence-electron chi connectivity index (χ4n) is 3.68. The number of aryl methyl sites for hydroxylation is 1. The Hall–Kier alpha value is -4.53. The zero-order valence-corrected chi connectivity index (χ0v) is 20.4. The Morgan fingerprint density at radius 3 is 1.68 bits per heavy atom. The Morgan fingerprint density at radius 1 is 0.757 bits per heavy atom. The first-order valence-electron chi connectivity index (χ1n) is 11.0. The molecule has 0 aromatic heterocycles. The normalized spacial score (nSPS) is 10.8. The quantitative estimate of drug-likeness (QED) is 0.170. The maximum Gasteiger partial charge on any atom is 0.417 e. The molecule has 6 nitrogen and oxygen atoms in total. The van der Waals surface area contributed by atoms with Gasteiger partial charge in [-0.15, -0.1) is 0 Å². The van der Waals surface area contributed by atoms with Crippen molar-refractivity contribution in [2.45, 2.75) is 13.1 Å². The van der Waals surface area contributed by atoms with E-state index in [1.807, 2.05) is 30.3 Å². The molecule has 2 N–H and O–H groups in total. The average molecular weight is 511 g/mol. The van der Waals surface area contributed by atoms with Gasteiger partial charge < -0.3 is 15.2 Å². The van der Waals surface area contributed by atoms with E-state index in [0.717, 1.165) is 23.6 Å². The first-order valence-corrected chi connectivity index (χ1v) is 11.0. The largest absolute Gasteiger partial charge is 0.497 e. The number of hydrogen-bond donors (Lipinski definition) is 1. The summed E-state index contributed by atoms with van der Waals surface area (Å²) < 4.78 is 49.3. The van der Waals surface area contributed by atoms with Gasteiger partial charge in [-0.05, 0) is 77.2 Å². The predicted molar refractivity (Wildman–Crippen MR) is 138 cm³/mol. The van der Waals surface area contributed by atoms with E-state index in [0.29, 0.717) is 17.4 Å². The van der Waals surface area contributed by atoms with Crippen molar-refractivity contribution in [2.75, 3.05) is 20.0 Å². The molecule has 0 atom stereocenters. The molecule has 4 rings (SSSR count). The number of nitro groups is 1. The molecular formula is C28H25F3N2O4. The number of non-ortho nitro benzene ring substituents is 1. The van der Waals surface area contributed by atoms with Crippen molar-refractivity contribution < 1.29 is 27.6 Å². The van der Waals surface area contributed by atoms with Crippen molar-refractivity contribution in [3.05, 3.63) is 106 Å². The summed E-state index contributed by atoms with van der Waals surface area (Å²) in [6.07, 6.45) is -4.68. The third-order valence-corrected chi connectivity index (χ3v) is 5.57. The summed E-state index contributed by atoms with van der Waals surface area (Å²) in [5, 5.41) is 10.6. The highest BCUT2D eigenvalue weighted by atomic mass is 19.4. The van der Waals surface area contributed by atoms with E-state index in [4.69, 9.17) is 15.2 Å². The molecule has 0 aliphatic rings. The number of hydrogen-bond acceptors (Lipinski definition) is 5. The van der Waals surface area contributed by atoms with Crippen LogP contribution in [0.4, 0.5) is 24.5 Å². The summed E-state index contributed by atoms with van der Waals surface area (Å²) in [4.78, 5) is 9.78. The van der Waals surface area contributed by atoms with Crippen LogP contribution < -0.4 is 15.2 Å². The minimum absolute atomic E-state index is 0.115. The number of alkyl halides is 3. The minimum atomic E-state index is -4.68. The number of nitro benzene ring substituents is 1. The highest BCUT2D eigenvalue weighted by Gasteiger charge is 2.35. The van der Waals surface area contributed by atoms with Gasteiger partial charge in [-0.1, -0.05) is 30.3 Å².